The van der Waals surface area contributed by atoms with E-state index >= 15 is 0 Å². The summed E-state index contributed by atoms with van der Waals surface area (Å²) >= 11 is 0. The van der Waals surface area contributed by atoms with Gasteiger partial charge < -0.3 is 9.84 Å². The summed E-state index contributed by atoms with van der Waals surface area (Å²) in [6.07, 6.45) is 1.30. The van der Waals surface area contributed by atoms with Gasteiger partial charge in [0.15, 0.2) is 5.76 Å². The number of hydrogen-bond donors (Lipinski definition) is 2. The van der Waals surface area contributed by atoms with E-state index in [1.165, 1.54) is 43.9 Å². The van der Waals surface area contributed by atoms with Crippen LogP contribution in [0.3, 0.4) is 0 Å². The molecule has 13 heteroatoms. The molecule has 1 amide bonds. The number of sulfonamides is 1. The molecule has 3 rings (SSSR count). The summed E-state index contributed by atoms with van der Waals surface area (Å²) in [7, 11) is -4.06. The monoisotopic (exact) mass is 409 g/mol. The molecule has 2 aromatic heterocycles. The molecule has 0 aliphatic heterocycles. The van der Waals surface area contributed by atoms with E-state index in [0.717, 1.165) is 6.07 Å². The maximum absolute atomic E-state index is 14.1. The van der Waals surface area contributed by atoms with Crippen molar-refractivity contribution < 1.29 is 22.1 Å². The lowest BCUT2D eigenvalue weighted by atomic mass is 10.2. The largest absolute Gasteiger partial charge is 0.360 e. The summed E-state index contributed by atoms with van der Waals surface area (Å²) in [6, 6.07) is 2.67. The minimum absolute atomic E-state index is 0.0952. The molecule has 0 saturated carbocycles. The van der Waals surface area contributed by atoms with Crippen molar-refractivity contribution in [3.63, 3.8) is 0 Å². The predicted molar refractivity (Wildman–Crippen MR) is 93.5 cm³/mol. The zero-order chi connectivity index (χ0) is 20.5. The molecule has 0 spiro atoms. The van der Waals surface area contributed by atoms with Crippen LogP contribution in [0.5, 0.6) is 0 Å². The third-order valence-electron chi connectivity index (χ3n) is 3.78. The van der Waals surface area contributed by atoms with Crippen molar-refractivity contribution in [1.29, 1.82) is 0 Å². The van der Waals surface area contributed by atoms with E-state index in [-0.39, 0.29) is 22.0 Å². The number of anilines is 1. The molecule has 148 valence electrons. The Morgan fingerprint density at radius 2 is 2.07 bits per heavy atom. The van der Waals surface area contributed by atoms with E-state index in [0.29, 0.717) is 5.69 Å². The van der Waals surface area contributed by atoms with E-state index in [1.54, 1.807) is 0 Å². The molecule has 11 nitrogen and oxygen atoms in total. The number of nitrogens with one attached hydrogen (secondary N) is 2. The molecule has 0 fully saturated rings. The summed E-state index contributed by atoms with van der Waals surface area (Å²) in [6.45, 7) is 4.24. The smallest absolute Gasteiger partial charge is 0.246 e. The first-order chi connectivity index (χ1) is 13.2. The number of nitrogens with zero attached hydrogens (tertiary/aromatic N) is 5. The number of benzene rings is 1. The van der Waals surface area contributed by atoms with Crippen LogP contribution in [-0.2, 0) is 14.8 Å². The number of halogens is 1. The van der Waals surface area contributed by atoms with Crippen LogP contribution >= 0.6 is 0 Å². The standard InChI is InChI=1S/C15H16FN7O4S/c1-8-14(10(3)27-19-8)28(25,26)20-9(2)15(24)18-13-6-11(4-5-12(13)16)23-7-17-21-22-23/h4-7,9,20H,1-3H3,(H,18,24)/t9-/m0/s1. The zero-order valence-electron chi connectivity index (χ0n) is 15.0. The van der Waals surface area contributed by atoms with Crippen molar-refractivity contribution in [3.8, 4) is 5.69 Å². The fourth-order valence-corrected chi connectivity index (χ4v) is 4.01. The highest BCUT2D eigenvalue weighted by Gasteiger charge is 2.28. The first kappa shape index (κ1) is 19.6. The molecule has 0 unspecified atom stereocenters. The van der Waals surface area contributed by atoms with Gasteiger partial charge >= 0.3 is 0 Å². The first-order valence-corrected chi connectivity index (χ1v) is 9.46. The summed E-state index contributed by atoms with van der Waals surface area (Å²) in [5.74, 6) is -1.37. The molecule has 0 aliphatic rings. The van der Waals surface area contributed by atoms with E-state index in [9.17, 15) is 17.6 Å². The molecular weight excluding hydrogens is 393 g/mol. The van der Waals surface area contributed by atoms with Gasteiger partial charge in [0.1, 0.15) is 22.7 Å². The van der Waals surface area contributed by atoms with E-state index < -0.39 is 27.8 Å². The number of carbonyl (C=O) groups is 1. The van der Waals surface area contributed by atoms with Gasteiger partial charge in [-0.3, -0.25) is 4.79 Å². The molecule has 1 aromatic carbocycles. The second kappa shape index (κ2) is 7.44. The van der Waals surface area contributed by atoms with Gasteiger partial charge in [-0.1, -0.05) is 5.16 Å². The van der Waals surface area contributed by atoms with Crippen LogP contribution in [0.2, 0.25) is 0 Å². The van der Waals surface area contributed by atoms with E-state index in [2.05, 4.69) is 30.7 Å². The maximum atomic E-state index is 14.1. The van der Waals surface area contributed by atoms with E-state index in [4.69, 9.17) is 4.52 Å². The summed E-state index contributed by atoms with van der Waals surface area (Å²) < 4.78 is 47.4. The lowest BCUT2D eigenvalue weighted by molar-refractivity contribution is -0.117. The molecule has 0 saturated heterocycles. The van der Waals surface area contributed by atoms with Crippen molar-refractivity contribution >= 4 is 21.6 Å². The predicted octanol–water partition coefficient (Wildman–Crippen LogP) is 0.712. The maximum Gasteiger partial charge on any atom is 0.246 e. The van der Waals surface area contributed by atoms with Crippen LogP contribution in [0.25, 0.3) is 5.69 Å². The lowest BCUT2D eigenvalue weighted by Crippen LogP contribution is -2.41. The lowest BCUT2D eigenvalue weighted by Gasteiger charge is -2.15. The summed E-state index contributed by atoms with van der Waals surface area (Å²) in [5, 5.41) is 16.6. The first-order valence-electron chi connectivity index (χ1n) is 7.98. The van der Waals surface area contributed by atoms with Crippen molar-refractivity contribution in [1.82, 2.24) is 30.1 Å². The Labute approximate surface area is 159 Å². The van der Waals surface area contributed by atoms with Gasteiger partial charge in [-0.2, -0.15) is 4.72 Å². The van der Waals surface area contributed by atoms with Crippen LogP contribution in [-0.4, -0.2) is 45.7 Å². The average Bonchev–Trinajstić information content (AvgIpc) is 3.26. The molecule has 2 N–H and O–H groups in total. The molecule has 0 aliphatic carbocycles. The van der Waals surface area contributed by atoms with Gasteiger partial charge in [-0.15, -0.1) is 5.10 Å². The Kier molecular flexibility index (Phi) is 5.20. The second-order valence-electron chi connectivity index (χ2n) is 5.90. The van der Waals surface area contributed by atoms with Crippen LogP contribution in [0.4, 0.5) is 10.1 Å². The molecule has 2 heterocycles. The minimum atomic E-state index is -4.06. The SMILES string of the molecule is Cc1noc(C)c1S(=O)(=O)N[C@@H](C)C(=O)Nc1cc(-n2cnnn2)ccc1F. The average molecular weight is 409 g/mol. The number of hydrogen-bond acceptors (Lipinski definition) is 8. The number of tetrazole rings is 1. The van der Waals surface area contributed by atoms with Crippen LogP contribution < -0.4 is 10.0 Å². The zero-order valence-corrected chi connectivity index (χ0v) is 15.9. The van der Waals surface area contributed by atoms with Crippen molar-refractivity contribution in [2.24, 2.45) is 0 Å². The highest BCUT2D eigenvalue weighted by Crippen LogP contribution is 2.20. The number of rotatable bonds is 6. The summed E-state index contributed by atoms with van der Waals surface area (Å²) in [4.78, 5) is 12.2. The number of carbonyl (C=O) groups excluding carboxylic acids is 1. The Morgan fingerprint density at radius 3 is 2.68 bits per heavy atom. The Balaban J connectivity index is 1.77. The molecule has 0 bridgehead atoms. The van der Waals surface area contributed by atoms with Gasteiger partial charge in [0.25, 0.3) is 0 Å². The molecule has 1 atom stereocenters. The molecule has 0 radical (unpaired) electrons. The second-order valence-corrected chi connectivity index (χ2v) is 7.55. The number of aromatic nitrogens is 5. The van der Waals surface area contributed by atoms with Gasteiger partial charge in [0.05, 0.1) is 17.4 Å². The van der Waals surface area contributed by atoms with Crippen LogP contribution in [0.15, 0.2) is 33.9 Å². The van der Waals surface area contributed by atoms with Gasteiger partial charge in [0, 0.05) is 0 Å². The third kappa shape index (κ3) is 3.89. The topological polar surface area (TPSA) is 145 Å². The van der Waals surface area contributed by atoms with Crippen molar-refractivity contribution in [2.75, 3.05) is 5.32 Å². The molecular formula is C15H16FN7O4S. The molecule has 3 aromatic rings. The minimum Gasteiger partial charge on any atom is -0.360 e. The third-order valence-corrected chi connectivity index (χ3v) is 5.57. The van der Waals surface area contributed by atoms with Crippen molar-refractivity contribution in [2.45, 2.75) is 31.7 Å². The Bertz CT molecular complexity index is 1090. The summed E-state index contributed by atoms with van der Waals surface area (Å²) in [5.41, 5.74) is 0.421. The Hall–Kier alpha value is -3.19. The fraction of sp³-hybridized carbons (Fsp3) is 0.267. The number of aryl methyl sites for hydroxylation is 2. The van der Waals surface area contributed by atoms with Gasteiger partial charge in [-0.25, -0.2) is 17.5 Å². The number of amides is 1. The molecule has 28 heavy (non-hydrogen) atoms. The van der Waals surface area contributed by atoms with Crippen molar-refractivity contribution in [3.05, 3.63) is 41.8 Å². The Morgan fingerprint density at radius 1 is 1.32 bits per heavy atom. The normalized spacial score (nSPS) is 12.7. The van der Waals surface area contributed by atoms with E-state index in [1.807, 2.05) is 0 Å². The quantitative estimate of drug-likeness (QED) is 0.605. The van der Waals surface area contributed by atoms with Gasteiger partial charge in [-0.05, 0) is 49.4 Å². The van der Waals surface area contributed by atoms with Crippen LogP contribution in [0.1, 0.15) is 18.4 Å². The van der Waals surface area contributed by atoms with Gasteiger partial charge in [0.2, 0.25) is 15.9 Å². The fourth-order valence-electron chi connectivity index (χ4n) is 2.48. The highest BCUT2D eigenvalue weighted by molar-refractivity contribution is 7.89. The highest BCUT2D eigenvalue weighted by atomic mass is 32.2. The van der Waals surface area contributed by atoms with Crippen LogP contribution in [0, 0.1) is 19.7 Å².